The van der Waals surface area contributed by atoms with Gasteiger partial charge in [0.25, 0.3) is 5.69 Å². The molecule has 142 valence electrons. The molecule has 0 spiro atoms. The van der Waals surface area contributed by atoms with Crippen molar-refractivity contribution in [2.75, 3.05) is 0 Å². The summed E-state index contributed by atoms with van der Waals surface area (Å²) in [6.45, 7) is 0. The van der Waals surface area contributed by atoms with Crippen LogP contribution in [-0.4, -0.2) is 25.6 Å². The topological polar surface area (TPSA) is 102 Å². The first kappa shape index (κ1) is 19.2. The highest BCUT2D eigenvalue weighted by Crippen LogP contribution is 2.22. The Kier molecular flexibility index (Phi) is 5.98. The Morgan fingerprint density at radius 2 is 1.70 bits per heavy atom. The molecule has 0 radical (unpaired) electrons. The molecule has 8 heteroatoms. The highest BCUT2D eigenvalue weighted by Gasteiger charge is 2.21. The molecule has 7 nitrogen and oxygen atoms in total. The van der Waals surface area contributed by atoms with E-state index in [1.807, 2.05) is 0 Å². The molecule has 3 rings (SSSR count). The van der Waals surface area contributed by atoms with Crippen LogP contribution in [0.5, 0.6) is 0 Å². The molecule has 0 heterocycles. The quantitative estimate of drug-likeness (QED) is 0.460. The van der Waals surface area contributed by atoms with Gasteiger partial charge in [0.1, 0.15) is 0 Å². The summed E-state index contributed by atoms with van der Waals surface area (Å²) in [4.78, 5) is 15.0. The second-order valence-electron chi connectivity index (χ2n) is 6.52. The number of nitro groups is 1. The summed E-state index contributed by atoms with van der Waals surface area (Å²) in [5.41, 5.74) is 0.875. The molecule has 0 bridgehead atoms. The van der Waals surface area contributed by atoms with E-state index in [0.717, 1.165) is 32.1 Å². The van der Waals surface area contributed by atoms with E-state index in [2.05, 4.69) is 9.71 Å². The number of nitrogens with zero attached hydrogens (tertiary/aromatic N) is 2. The van der Waals surface area contributed by atoms with Crippen molar-refractivity contribution in [3.05, 3.63) is 64.2 Å². The van der Waals surface area contributed by atoms with Crippen LogP contribution >= 0.6 is 0 Å². The average molecular weight is 387 g/mol. The average Bonchev–Trinajstić information content (AvgIpc) is 2.67. The van der Waals surface area contributed by atoms with Crippen LogP contribution in [-0.2, 0) is 10.0 Å². The van der Waals surface area contributed by atoms with Gasteiger partial charge in [-0.25, -0.2) is 13.1 Å². The number of para-hydroxylation sites is 1. The molecule has 2 aromatic carbocycles. The molecule has 1 fully saturated rings. The van der Waals surface area contributed by atoms with E-state index in [1.165, 1.54) is 24.4 Å². The van der Waals surface area contributed by atoms with Crippen molar-refractivity contribution in [1.29, 1.82) is 0 Å². The number of hydrogen-bond donors (Lipinski definition) is 1. The van der Waals surface area contributed by atoms with Crippen LogP contribution < -0.4 is 4.72 Å². The maximum absolute atomic E-state index is 12.5. The molecule has 1 saturated carbocycles. The summed E-state index contributed by atoms with van der Waals surface area (Å²) in [5, 5.41) is 11.0. The van der Waals surface area contributed by atoms with E-state index in [4.69, 9.17) is 0 Å². The van der Waals surface area contributed by atoms with Gasteiger partial charge in [0.05, 0.1) is 21.1 Å². The Labute approximate surface area is 158 Å². The van der Waals surface area contributed by atoms with E-state index in [1.54, 1.807) is 30.3 Å². The second kappa shape index (κ2) is 8.41. The molecule has 0 unspecified atom stereocenters. The van der Waals surface area contributed by atoms with Gasteiger partial charge in [-0.3, -0.25) is 15.1 Å². The molecule has 0 atom stereocenters. The largest absolute Gasteiger partial charge is 0.278 e. The van der Waals surface area contributed by atoms with Crippen molar-refractivity contribution in [2.45, 2.75) is 43.0 Å². The van der Waals surface area contributed by atoms with Crippen LogP contribution in [0.1, 0.15) is 37.7 Å². The van der Waals surface area contributed by atoms with Gasteiger partial charge < -0.3 is 0 Å². The predicted octanol–water partition coefficient (Wildman–Crippen LogP) is 3.96. The number of hydrogen-bond acceptors (Lipinski definition) is 5. The molecule has 1 N–H and O–H groups in total. The van der Waals surface area contributed by atoms with Gasteiger partial charge in [-0.05, 0) is 43.2 Å². The maximum Gasteiger partial charge on any atom is 0.278 e. The lowest BCUT2D eigenvalue weighted by molar-refractivity contribution is -0.385. The number of sulfonamides is 1. The number of benzene rings is 2. The first-order valence-electron chi connectivity index (χ1n) is 8.85. The monoisotopic (exact) mass is 387 g/mol. The lowest BCUT2D eigenvalue weighted by atomic mass is 9.96. The Bertz CT molecular complexity index is 934. The summed E-state index contributed by atoms with van der Waals surface area (Å²) >= 11 is 0. The summed E-state index contributed by atoms with van der Waals surface area (Å²) < 4.78 is 27.7. The van der Waals surface area contributed by atoms with Crippen LogP contribution in [0.4, 0.5) is 11.4 Å². The fourth-order valence-corrected chi connectivity index (χ4v) is 4.43. The first-order chi connectivity index (χ1) is 13.0. The molecule has 0 amide bonds. The Balaban J connectivity index is 1.72. The SMILES string of the molecule is O=[N+]([O-])c1ccccc1C=Nc1ccc(S(=O)(=O)NC2CCCCC2)cc1. The highest BCUT2D eigenvalue weighted by atomic mass is 32.2. The number of rotatable bonds is 6. The maximum atomic E-state index is 12.5. The third-order valence-corrected chi connectivity index (χ3v) is 6.10. The van der Waals surface area contributed by atoms with E-state index in [9.17, 15) is 18.5 Å². The van der Waals surface area contributed by atoms with Crippen molar-refractivity contribution in [3.8, 4) is 0 Å². The van der Waals surface area contributed by atoms with Gasteiger partial charge in [0.2, 0.25) is 10.0 Å². The number of nitro benzene ring substituents is 1. The first-order valence-corrected chi connectivity index (χ1v) is 10.3. The number of nitrogens with one attached hydrogen (secondary N) is 1. The predicted molar refractivity (Wildman–Crippen MR) is 104 cm³/mol. The molecule has 0 aromatic heterocycles. The van der Waals surface area contributed by atoms with Crippen molar-refractivity contribution in [1.82, 2.24) is 4.72 Å². The minimum Gasteiger partial charge on any atom is -0.258 e. The van der Waals surface area contributed by atoms with Crippen molar-refractivity contribution < 1.29 is 13.3 Å². The van der Waals surface area contributed by atoms with Crippen LogP contribution in [0.25, 0.3) is 0 Å². The van der Waals surface area contributed by atoms with Gasteiger partial charge in [-0.2, -0.15) is 0 Å². The normalized spacial score (nSPS) is 15.9. The Hall–Kier alpha value is -2.58. The summed E-state index contributed by atoms with van der Waals surface area (Å²) in [5.74, 6) is 0. The van der Waals surface area contributed by atoms with E-state index >= 15 is 0 Å². The summed E-state index contributed by atoms with van der Waals surface area (Å²) in [6.07, 6.45) is 6.40. The third kappa shape index (κ3) is 4.99. The zero-order chi connectivity index (χ0) is 19.3. The zero-order valence-electron chi connectivity index (χ0n) is 14.7. The Morgan fingerprint density at radius 3 is 2.37 bits per heavy atom. The fraction of sp³-hybridized carbons (Fsp3) is 0.316. The highest BCUT2D eigenvalue weighted by molar-refractivity contribution is 7.89. The molecule has 0 saturated heterocycles. The van der Waals surface area contributed by atoms with E-state index in [-0.39, 0.29) is 16.6 Å². The Morgan fingerprint density at radius 1 is 1.04 bits per heavy atom. The zero-order valence-corrected chi connectivity index (χ0v) is 15.6. The van der Waals surface area contributed by atoms with Gasteiger partial charge in [0.15, 0.2) is 0 Å². The summed E-state index contributed by atoms with van der Waals surface area (Å²) in [6, 6.07) is 12.5. The minimum absolute atomic E-state index is 0.0000714. The van der Waals surface area contributed by atoms with Crippen LogP contribution in [0, 0.1) is 10.1 Å². The molecule has 0 aliphatic heterocycles. The molecular formula is C19H21N3O4S. The summed E-state index contributed by atoms with van der Waals surface area (Å²) in [7, 11) is -3.55. The van der Waals surface area contributed by atoms with Gasteiger partial charge in [-0.15, -0.1) is 0 Å². The third-order valence-electron chi connectivity index (χ3n) is 4.56. The van der Waals surface area contributed by atoms with Gasteiger partial charge in [-0.1, -0.05) is 31.4 Å². The van der Waals surface area contributed by atoms with Gasteiger partial charge in [0, 0.05) is 18.3 Å². The lowest BCUT2D eigenvalue weighted by Gasteiger charge is -2.22. The second-order valence-corrected chi connectivity index (χ2v) is 8.24. The standard InChI is InChI=1S/C19H21N3O4S/c23-22(24)19-9-5-4-6-15(19)14-20-16-10-12-18(13-11-16)27(25,26)21-17-7-2-1-3-8-17/h4-6,9-14,17,21H,1-3,7-8H2. The van der Waals surface area contributed by atoms with Crippen molar-refractivity contribution in [3.63, 3.8) is 0 Å². The van der Waals surface area contributed by atoms with E-state index in [0.29, 0.717) is 11.3 Å². The molecule has 2 aromatic rings. The van der Waals surface area contributed by atoms with Gasteiger partial charge >= 0.3 is 0 Å². The molecular weight excluding hydrogens is 366 g/mol. The fourth-order valence-electron chi connectivity index (χ4n) is 3.13. The molecule has 27 heavy (non-hydrogen) atoms. The molecule has 1 aliphatic rings. The van der Waals surface area contributed by atoms with Crippen molar-refractivity contribution in [2.24, 2.45) is 4.99 Å². The van der Waals surface area contributed by atoms with Crippen molar-refractivity contribution >= 4 is 27.6 Å². The lowest BCUT2D eigenvalue weighted by Crippen LogP contribution is -2.36. The van der Waals surface area contributed by atoms with Crippen LogP contribution in [0.3, 0.4) is 0 Å². The van der Waals surface area contributed by atoms with E-state index < -0.39 is 14.9 Å². The van der Waals surface area contributed by atoms with Crippen LogP contribution in [0.15, 0.2) is 58.4 Å². The minimum atomic E-state index is -3.55. The smallest absolute Gasteiger partial charge is 0.258 e. The van der Waals surface area contributed by atoms with Crippen LogP contribution in [0.2, 0.25) is 0 Å². The number of aliphatic imine (C=N–C) groups is 1. The molecule has 1 aliphatic carbocycles.